The van der Waals surface area contributed by atoms with Gasteiger partial charge in [-0.05, 0) is 68.1 Å². The molecule has 0 radical (unpaired) electrons. The maximum absolute atomic E-state index is 14.8. The van der Waals surface area contributed by atoms with E-state index in [1.54, 1.807) is 45.9 Å². The highest BCUT2D eigenvalue weighted by Gasteiger charge is 2.44. The molecule has 0 spiro atoms. The highest BCUT2D eigenvalue weighted by atomic mass is 16.5. The molecule has 0 aliphatic carbocycles. The van der Waals surface area contributed by atoms with Crippen LogP contribution in [0.2, 0.25) is 0 Å². The van der Waals surface area contributed by atoms with Gasteiger partial charge in [0.15, 0.2) is 0 Å². The topological polar surface area (TPSA) is 264 Å². The van der Waals surface area contributed by atoms with Gasteiger partial charge >= 0.3 is 5.97 Å². The summed E-state index contributed by atoms with van der Waals surface area (Å²) >= 11 is 0. The number of phenols is 1. The van der Waals surface area contributed by atoms with E-state index < -0.39 is 113 Å². The number of aromatic hydroxyl groups is 1. The Bertz CT molecular complexity index is 1940. The van der Waals surface area contributed by atoms with E-state index in [9.17, 15) is 48.3 Å². The molecule has 3 unspecified atom stereocenters. The number of esters is 1. The number of likely N-dealkylation sites (N-methyl/N-ethyl adjacent to an activating group) is 1. The minimum atomic E-state index is -1.67. The molecule has 2 bridgehead atoms. The van der Waals surface area contributed by atoms with Crippen molar-refractivity contribution in [3.63, 3.8) is 0 Å². The van der Waals surface area contributed by atoms with Crippen molar-refractivity contribution in [2.45, 2.75) is 162 Å². The van der Waals surface area contributed by atoms with Crippen LogP contribution in [0, 0.1) is 29.6 Å². The second-order valence-corrected chi connectivity index (χ2v) is 18.5. The van der Waals surface area contributed by atoms with Crippen LogP contribution in [-0.2, 0) is 54.3 Å². The second kappa shape index (κ2) is 25.2. The van der Waals surface area contributed by atoms with Gasteiger partial charge in [-0.15, -0.1) is 0 Å². The van der Waals surface area contributed by atoms with Crippen molar-refractivity contribution in [2.75, 3.05) is 7.05 Å². The number of benzene rings is 1. The molecule has 1 aromatic carbocycles. The molecule has 66 heavy (non-hydrogen) atoms. The Kier molecular flexibility index (Phi) is 20.8. The second-order valence-electron chi connectivity index (χ2n) is 18.5. The minimum Gasteiger partial charge on any atom is -0.508 e. The lowest BCUT2D eigenvalue weighted by atomic mass is 9.90. The molecule has 3 rings (SSSR count). The maximum Gasteiger partial charge on any atom is 0.329 e. The SMILES string of the molecule is CCC(C)C(=O)C[C@@H](CCC(N)=O)C(=O)N[C@H]1C(=O)N[C@@H](CC(C)C)C(=O)N[C@H]2CC=CN(C2=O)[C@@H](C(C)CC)C(=O)N(C)[C@@H](Cc2ccc(O)cc2)C(=O)N[C@@H](C(C)CC)C(=O)O[C@@H]1C. The normalized spacial score (nSPS) is 25.5. The lowest BCUT2D eigenvalue weighted by Crippen LogP contribution is -2.62. The van der Waals surface area contributed by atoms with Gasteiger partial charge in [-0.1, -0.05) is 86.4 Å². The van der Waals surface area contributed by atoms with Crippen LogP contribution in [0.15, 0.2) is 36.5 Å². The smallest absolute Gasteiger partial charge is 0.329 e. The number of amides is 7. The number of hydrogen-bond acceptors (Lipinski definition) is 11. The number of ketones is 1. The minimum absolute atomic E-state index is 0.0183. The Morgan fingerprint density at radius 3 is 2.08 bits per heavy atom. The summed E-state index contributed by atoms with van der Waals surface area (Å²) in [5.41, 5.74) is 6.00. The number of cyclic esters (lactones) is 1. The Labute approximate surface area is 388 Å². The Hall–Kier alpha value is -5.81. The first-order chi connectivity index (χ1) is 31.0. The number of ether oxygens (including phenoxy) is 1. The average Bonchev–Trinajstić information content (AvgIpc) is 3.27. The largest absolute Gasteiger partial charge is 0.508 e. The van der Waals surface area contributed by atoms with E-state index in [2.05, 4.69) is 21.3 Å². The van der Waals surface area contributed by atoms with E-state index in [4.69, 9.17) is 10.5 Å². The number of nitrogens with two attached hydrogens (primary N) is 1. The fourth-order valence-electron chi connectivity index (χ4n) is 7.96. The molecule has 2 aliphatic rings. The summed E-state index contributed by atoms with van der Waals surface area (Å²) in [4.78, 5) is 129. The molecule has 1 aromatic rings. The van der Waals surface area contributed by atoms with E-state index in [1.807, 2.05) is 27.7 Å². The third-order valence-corrected chi connectivity index (χ3v) is 12.9. The lowest BCUT2D eigenvalue weighted by molar-refractivity contribution is -0.158. The van der Waals surface area contributed by atoms with E-state index in [0.717, 1.165) is 0 Å². The molecule has 18 nitrogen and oxygen atoms in total. The number of hydrogen-bond donors (Lipinski definition) is 6. The molecule has 0 aromatic heterocycles. The maximum atomic E-state index is 14.8. The first-order valence-corrected chi connectivity index (χ1v) is 23.3. The number of phenolic OH excluding ortho intramolecular Hbond substituents is 1. The van der Waals surface area contributed by atoms with Crippen molar-refractivity contribution in [1.29, 1.82) is 0 Å². The van der Waals surface area contributed by atoms with E-state index in [0.29, 0.717) is 24.8 Å². The number of primary amides is 1. The van der Waals surface area contributed by atoms with Gasteiger partial charge in [-0.3, -0.25) is 38.4 Å². The summed E-state index contributed by atoms with van der Waals surface area (Å²) in [6.45, 7) is 15.7. The zero-order valence-corrected chi connectivity index (χ0v) is 40.3. The van der Waals surface area contributed by atoms with Crippen LogP contribution < -0.4 is 27.0 Å². The predicted molar refractivity (Wildman–Crippen MR) is 245 cm³/mol. The van der Waals surface area contributed by atoms with Gasteiger partial charge in [0.25, 0.3) is 0 Å². The van der Waals surface area contributed by atoms with Crippen LogP contribution in [0.5, 0.6) is 5.75 Å². The van der Waals surface area contributed by atoms with Crippen molar-refractivity contribution >= 4 is 53.1 Å². The van der Waals surface area contributed by atoms with Crippen LogP contribution in [0.1, 0.15) is 119 Å². The monoisotopic (exact) mass is 924 g/mol. The standard InChI is InChI=1S/C48H73N7O11/c1-11-27(6)37(57)25-32(18-21-38(49)58)42(59)53-40-30(9)66-48(65)39(28(7)12-2)52-44(61)36(24-31-16-19-33(56)20-17-31)54(10)47(64)41(29(8)13-3)55-22-14-15-34(46(55)63)50-43(60)35(23-26(4)5)51-45(40)62/h14,16-17,19-20,22,26-30,32,34-36,39-41,56H,11-13,15,18,21,23-25H2,1-10H3,(H2,49,58)(H,50,60)(H,51,62)(H,52,61)(H,53,59)/t27?,28?,29?,30-,32-,34+,35+,36+,39+,40-,41+/m1/s1. The highest BCUT2D eigenvalue weighted by molar-refractivity contribution is 5.98. The third kappa shape index (κ3) is 14.9. The predicted octanol–water partition coefficient (Wildman–Crippen LogP) is 2.79. The number of carbonyl (C=O) groups excluding carboxylic acids is 9. The van der Waals surface area contributed by atoms with Gasteiger partial charge in [-0.2, -0.15) is 0 Å². The molecule has 1 fully saturated rings. The van der Waals surface area contributed by atoms with E-state index in [1.165, 1.54) is 42.1 Å². The number of nitrogens with one attached hydrogen (secondary N) is 4. The van der Waals surface area contributed by atoms with Gasteiger partial charge in [0.2, 0.25) is 41.4 Å². The van der Waals surface area contributed by atoms with Crippen molar-refractivity contribution in [1.82, 2.24) is 31.1 Å². The molecular formula is C48H73N7O11. The lowest BCUT2D eigenvalue weighted by Gasteiger charge is -2.40. The molecule has 7 amide bonds. The fraction of sp³-hybridized carbons (Fsp3) is 0.646. The molecule has 18 heteroatoms. The van der Waals surface area contributed by atoms with Crippen molar-refractivity contribution in [3.05, 3.63) is 42.1 Å². The molecule has 2 heterocycles. The number of nitrogens with zero attached hydrogens (tertiary/aromatic N) is 2. The Balaban J connectivity index is 2.25. The van der Waals surface area contributed by atoms with Crippen LogP contribution in [0.25, 0.3) is 0 Å². The van der Waals surface area contributed by atoms with Crippen LogP contribution in [0.4, 0.5) is 0 Å². The molecule has 11 atom stereocenters. The summed E-state index contributed by atoms with van der Waals surface area (Å²) in [6.07, 6.45) is 2.48. The molecule has 2 aliphatic heterocycles. The van der Waals surface area contributed by atoms with E-state index in [-0.39, 0.29) is 56.0 Å². The van der Waals surface area contributed by atoms with Gasteiger partial charge in [-0.25, -0.2) is 4.79 Å². The van der Waals surface area contributed by atoms with Gasteiger partial charge in [0.1, 0.15) is 53.9 Å². The summed E-state index contributed by atoms with van der Waals surface area (Å²) in [7, 11) is 1.44. The number of Topliss-reactive ketones (excluding diaryl/α,β-unsaturated/α-hetero) is 1. The van der Waals surface area contributed by atoms with Gasteiger partial charge < -0.3 is 46.6 Å². The van der Waals surface area contributed by atoms with E-state index >= 15 is 0 Å². The van der Waals surface area contributed by atoms with Crippen LogP contribution in [-0.4, -0.2) is 117 Å². The number of carbonyl (C=O) groups is 9. The number of rotatable bonds is 17. The molecule has 1 saturated heterocycles. The summed E-state index contributed by atoms with van der Waals surface area (Å²) in [5.74, 6) is -8.97. The molecule has 366 valence electrons. The van der Waals surface area contributed by atoms with Gasteiger partial charge in [0.05, 0.1) is 0 Å². The van der Waals surface area contributed by atoms with Crippen molar-refractivity contribution < 1.29 is 53.0 Å². The summed E-state index contributed by atoms with van der Waals surface area (Å²) < 4.78 is 5.95. The quantitative estimate of drug-likeness (QED) is 0.124. The average molecular weight is 924 g/mol. The highest BCUT2D eigenvalue weighted by Crippen LogP contribution is 2.25. The van der Waals surface area contributed by atoms with Crippen molar-refractivity contribution in [2.24, 2.45) is 35.3 Å². The fourth-order valence-corrected chi connectivity index (χ4v) is 7.96. The first kappa shape index (κ1) is 54.5. The third-order valence-electron chi connectivity index (χ3n) is 12.9. The molecule has 0 saturated carbocycles. The Morgan fingerprint density at radius 2 is 1.50 bits per heavy atom. The van der Waals surface area contributed by atoms with Crippen LogP contribution >= 0.6 is 0 Å². The molecular weight excluding hydrogens is 851 g/mol. The zero-order chi connectivity index (χ0) is 49.6. The first-order valence-electron chi connectivity index (χ1n) is 23.3. The zero-order valence-electron chi connectivity index (χ0n) is 40.3. The van der Waals surface area contributed by atoms with Gasteiger partial charge in [0, 0.05) is 44.3 Å². The molecule has 7 N–H and O–H groups in total. The number of fused-ring (bicyclic) bond motifs is 2. The summed E-state index contributed by atoms with van der Waals surface area (Å²) in [6, 6.07) is -1.76. The van der Waals surface area contributed by atoms with Crippen LogP contribution in [0.3, 0.4) is 0 Å². The van der Waals surface area contributed by atoms with Crippen molar-refractivity contribution in [3.8, 4) is 5.75 Å². The summed E-state index contributed by atoms with van der Waals surface area (Å²) in [5, 5.41) is 20.9. The Morgan fingerprint density at radius 1 is 0.864 bits per heavy atom.